The summed E-state index contributed by atoms with van der Waals surface area (Å²) in [5.41, 5.74) is 9.09. The molecule has 4 heteroatoms. The van der Waals surface area contributed by atoms with Crippen molar-refractivity contribution in [3.8, 4) is 0 Å². The molecular weight excluding hydrogens is 248 g/mol. The molecule has 102 valence electrons. The standard InChI is InChI=1S/C16H18N4/c1-19-8-6-14(11-19)16(20-9-7-18-12-20)10-13-2-4-15(17)5-3-13/h2-9,11-12,16H,10,17H2,1H3. The summed E-state index contributed by atoms with van der Waals surface area (Å²) in [7, 11) is 2.04. The first-order chi connectivity index (χ1) is 9.72. The Kier molecular flexibility index (Phi) is 3.29. The minimum absolute atomic E-state index is 0.252. The molecule has 0 aliphatic rings. The van der Waals surface area contributed by atoms with Gasteiger partial charge in [0.15, 0.2) is 0 Å². The third-order valence-corrected chi connectivity index (χ3v) is 3.53. The molecule has 0 aliphatic carbocycles. The highest BCUT2D eigenvalue weighted by molar-refractivity contribution is 5.39. The number of hydrogen-bond acceptors (Lipinski definition) is 2. The van der Waals surface area contributed by atoms with E-state index in [1.165, 1.54) is 11.1 Å². The molecule has 2 aromatic heterocycles. The van der Waals surface area contributed by atoms with Crippen LogP contribution in [0.1, 0.15) is 17.2 Å². The number of aryl methyl sites for hydroxylation is 1. The first-order valence-electron chi connectivity index (χ1n) is 6.66. The van der Waals surface area contributed by atoms with Gasteiger partial charge in [0.25, 0.3) is 0 Å². The van der Waals surface area contributed by atoms with Gasteiger partial charge in [0.1, 0.15) is 0 Å². The van der Waals surface area contributed by atoms with E-state index >= 15 is 0 Å². The molecule has 3 rings (SSSR count). The van der Waals surface area contributed by atoms with Crippen LogP contribution in [0.15, 0.2) is 61.4 Å². The Morgan fingerprint density at radius 1 is 1.15 bits per heavy atom. The molecule has 4 nitrogen and oxygen atoms in total. The van der Waals surface area contributed by atoms with Gasteiger partial charge in [-0.25, -0.2) is 4.98 Å². The van der Waals surface area contributed by atoms with Crippen molar-refractivity contribution in [2.24, 2.45) is 7.05 Å². The molecule has 1 atom stereocenters. The van der Waals surface area contributed by atoms with Gasteiger partial charge in [-0.2, -0.15) is 0 Å². The van der Waals surface area contributed by atoms with Crippen molar-refractivity contribution in [2.75, 3.05) is 5.73 Å². The van der Waals surface area contributed by atoms with E-state index in [-0.39, 0.29) is 6.04 Å². The van der Waals surface area contributed by atoms with E-state index in [4.69, 9.17) is 5.73 Å². The quantitative estimate of drug-likeness (QED) is 0.738. The molecule has 1 unspecified atom stereocenters. The van der Waals surface area contributed by atoms with Gasteiger partial charge < -0.3 is 14.9 Å². The van der Waals surface area contributed by atoms with Crippen molar-refractivity contribution in [1.29, 1.82) is 0 Å². The third-order valence-electron chi connectivity index (χ3n) is 3.53. The SMILES string of the molecule is Cn1ccc(C(Cc2ccc(N)cc2)n2ccnc2)c1. The van der Waals surface area contributed by atoms with Crippen LogP contribution in [0.4, 0.5) is 5.69 Å². The predicted molar refractivity (Wildman–Crippen MR) is 80.3 cm³/mol. The highest BCUT2D eigenvalue weighted by Crippen LogP contribution is 2.23. The number of nitrogens with two attached hydrogens (primary N) is 1. The van der Waals surface area contributed by atoms with Crippen molar-refractivity contribution in [3.63, 3.8) is 0 Å². The molecule has 2 N–H and O–H groups in total. The van der Waals surface area contributed by atoms with Crippen molar-refractivity contribution >= 4 is 5.69 Å². The number of imidazole rings is 1. The van der Waals surface area contributed by atoms with Crippen LogP contribution in [0.3, 0.4) is 0 Å². The smallest absolute Gasteiger partial charge is 0.0951 e. The van der Waals surface area contributed by atoms with Crippen LogP contribution in [-0.2, 0) is 13.5 Å². The van der Waals surface area contributed by atoms with Crippen LogP contribution in [0.2, 0.25) is 0 Å². The van der Waals surface area contributed by atoms with Gasteiger partial charge in [-0.05, 0) is 35.7 Å². The first kappa shape index (κ1) is 12.5. The third kappa shape index (κ3) is 2.59. The van der Waals surface area contributed by atoms with E-state index in [1.54, 1.807) is 0 Å². The molecule has 0 saturated carbocycles. The zero-order valence-corrected chi connectivity index (χ0v) is 11.5. The Bertz CT molecular complexity index is 665. The maximum Gasteiger partial charge on any atom is 0.0951 e. The lowest BCUT2D eigenvalue weighted by molar-refractivity contribution is 0.580. The molecule has 1 aromatic carbocycles. The summed E-state index contributed by atoms with van der Waals surface area (Å²) in [4.78, 5) is 4.17. The minimum atomic E-state index is 0.252. The number of benzene rings is 1. The lowest BCUT2D eigenvalue weighted by Crippen LogP contribution is -2.11. The number of anilines is 1. The molecule has 20 heavy (non-hydrogen) atoms. The molecule has 0 aliphatic heterocycles. The van der Waals surface area contributed by atoms with E-state index in [0.717, 1.165) is 12.1 Å². The maximum absolute atomic E-state index is 5.75. The average Bonchev–Trinajstić information content (AvgIpc) is 3.09. The van der Waals surface area contributed by atoms with Crippen molar-refractivity contribution < 1.29 is 0 Å². The lowest BCUT2D eigenvalue weighted by Gasteiger charge is -2.18. The van der Waals surface area contributed by atoms with Gasteiger partial charge in [0.2, 0.25) is 0 Å². The van der Waals surface area contributed by atoms with E-state index in [2.05, 4.69) is 44.7 Å². The fraction of sp³-hybridized carbons (Fsp3) is 0.188. The molecule has 2 heterocycles. The number of nitrogens with zero attached hydrogens (tertiary/aromatic N) is 3. The maximum atomic E-state index is 5.75. The Morgan fingerprint density at radius 2 is 1.95 bits per heavy atom. The zero-order chi connectivity index (χ0) is 13.9. The van der Waals surface area contributed by atoms with Crippen LogP contribution in [0, 0.1) is 0 Å². The van der Waals surface area contributed by atoms with Crippen molar-refractivity contribution in [2.45, 2.75) is 12.5 Å². The van der Waals surface area contributed by atoms with Crippen LogP contribution in [0.25, 0.3) is 0 Å². The first-order valence-corrected chi connectivity index (χ1v) is 6.66. The minimum Gasteiger partial charge on any atom is -0.399 e. The molecule has 0 saturated heterocycles. The zero-order valence-electron chi connectivity index (χ0n) is 11.5. The second kappa shape index (κ2) is 5.25. The van der Waals surface area contributed by atoms with Gasteiger partial charge in [-0.1, -0.05) is 12.1 Å². The van der Waals surface area contributed by atoms with Crippen LogP contribution < -0.4 is 5.73 Å². The number of hydrogen-bond donors (Lipinski definition) is 1. The fourth-order valence-corrected chi connectivity index (χ4v) is 2.45. The van der Waals surface area contributed by atoms with Gasteiger partial charge >= 0.3 is 0 Å². The summed E-state index contributed by atoms with van der Waals surface area (Å²) in [5, 5.41) is 0. The Hall–Kier alpha value is -2.49. The Morgan fingerprint density at radius 3 is 2.55 bits per heavy atom. The number of rotatable bonds is 4. The molecule has 3 aromatic rings. The summed E-state index contributed by atoms with van der Waals surface area (Å²) in [6.07, 6.45) is 10.8. The van der Waals surface area contributed by atoms with Gasteiger partial charge in [-0.15, -0.1) is 0 Å². The average molecular weight is 266 g/mol. The van der Waals surface area contributed by atoms with Crippen LogP contribution >= 0.6 is 0 Å². The molecule has 0 amide bonds. The fourth-order valence-electron chi connectivity index (χ4n) is 2.45. The summed E-state index contributed by atoms with van der Waals surface area (Å²) >= 11 is 0. The monoisotopic (exact) mass is 266 g/mol. The Balaban J connectivity index is 1.92. The molecule has 0 bridgehead atoms. The highest BCUT2D eigenvalue weighted by Gasteiger charge is 2.15. The topological polar surface area (TPSA) is 48.8 Å². The molecule has 0 radical (unpaired) electrons. The van der Waals surface area contributed by atoms with Crippen molar-refractivity contribution in [3.05, 3.63) is 72.6 Å². The molecule has 0 spiro atoms. The van der Waals surface area contributed by atoms with E-state index in [1.807, 2.05) is 37.9 Å². The predicted octanol–water partition coefficient (Wildman–Crippen LogP) is 2.64. The summed E-state index contributed by atoms with van der Waals surface area (Å²) in [6.45, 7) is 0. The number of aromatic nitrogens is 3. The van der Waals surface area contributed by atoms with Crippen LogP contribution in [-0.4, -0.2) is 14.1 Å². The van der Waals surface area contributed by atoms with E-state index < -0.39 is 0 Å². The summed E-state index contributed by atoms with van der Waals surface area (Å²) in [6, 6.07) is 10.5. The van der Waals surface area contributed by atoms with E-state index in [0.29, 0.717) is 0 Å². The largest absolute Gasteiger partial charge is 0.399 e. The van der Waals surface area contributed by atoms with Crippen LogP contribution in [0.5, 0.6) is 0 Å². The summed E-state index contributed by atoms with van der Waals surface area (Å²) in [5.74, 6) is 0. The van der Waals surface area contributed by atoms with Gasteiger partial charge in [-0.3, -0.25) is 0 Å². The number of nitrogen functional groups attached to an aromatic ring is 1. The molecular formula is C16H18N4. The van der Waals surface area contributed by atoms with Gasteiger partial charge in [0.05, 0.1) is 12.4 Å². The second-order valence-electron chi connectivity index (χ2n) is 5.08. The lowest BCUT2D eigenvalue weighted by atomic mass is 10.0. The second-order valence-corrected chi connectivity index (χ2v) is 5.08. The molecule has 0 fully saturated rings. The normalized spacial score (nSPS) is 12.4. The highest BCUT2D eigenvalue weighted by atomic mass is 15.1. The Labute approximate surface area is 118 Å². The van der Waals surface area contributed by atoms with E-state index in [9.17, 15) is 0 Å². The van der Waals surface area contributed by atoms with Crippen molar-refractivity contribution in [1.82, 2.24) is 14.1 Å². The van der Waals surface area contributed by atoms with Gasteiger partial charge in [0, 0.05) is 37.5 Å². The summed E-state index contributed by atoms with van der Waals surface area (Å²) < 4.78 is 4.22.